The Bertz CT molecular complexity index is 215. The summed E-state index contributed by atoms with van der Waals surface area (Å²) < 4.78 is 9.87. The van der Waals surface area contributed by atoms with E-state index in [1.165, 1.54) is 0 Å². The Morgan fingerprint density at radius 3 is 3.44 bits per heavy atom. The predicted octanol–water partition coefficient (Wildman–Crippen LogP) is 0.800. The first kappa shape index (κ1) is 4.61. The van der Waals surface area contributed by atoms with E-state index in [1.54, 1.807) is 18.6 Å². The van der Waals surface area contributed by atoms with Gasteiger partial charge >= 0.3 is 0 Å². The molecule has 0 bridgehead atoms. The zero-order chi connectivity index (χ0) is 6.10. The lowest BCUT2D eigenvalue weighted by atomic mass is 10.3. The molecule has 9 heavy (non-hydrogen) atoms. The third kappa shape index (κ3) is 0.614. The van der Waals surface area contributed by atoms with Crippen molar-refractivity contribution in [2.45, 2.75) is 0 Å². The van der Waals surface area contributed by atoms with Crippen LogP contribution in [0.5, 0.6) is 0 Å². The van der Waals surface area contributed by atoms with Crippen LogP contribution in [0.4, 0.5) is 0 Å². The molecule has 0 unspecified atom stereocenters. The summed E-state index contributed by atoms with van der Waals surface area (Å²) in [5.41, 5.74) is 0.876. The van der Waals surface area contributed by atoms with Crippen molar-refractivity contribution >= 4 is 5.71 Å². The van der Waals surface area contributed by atoms with Crippen molar-refractivity contribution in [1.29, 1.82) is 0 Å². The maximum atomic E-state index is 5.04. The molecular formula is C6H5NO2. The van der Waals surface area contributed by atoms with E-state index >= 15 is 0 Å². The van der Waals surface area contributed by atoms with Gasteiger partial charge in [0.15, 0.2) is 12.5 Å². The van der Waals surface area contributed by atoms with Crippen LogP contribution >= 0.6 is 0 Å². The van der Waals surface area contributed by atoms with Crippen molar-refractivity contribution < 1.29 is 9.47 Å². The molecule has 0 spiro atoms. The summed E-state index contributed by atoms with van der Waals surface area (Å²) in [6.07, 6.45) is 4.91. The Kier molecular flexibility index (Phi) is 0.828. The first-order valence-corrected chi connectivity index (χ1v) is 2.66. The molecular weight excluding hydrogens is 118 g/mol. The van der Waals surface area contributed by atoms with Crippen molar-refractivity contribution in [3.05, 3.63) is 24.4 Å². The summed E-state index contributed by atoms with van der Waals surface area (Å²) in [6, 6.07) is 0. The molecule has 0 atom stereocenters. The summed E-state index contributed by atoms with van der Waals surface area (Å²) in [7, 11) is 0. The Hall–Kier alpha value is -1.25. The quantitative estimate of drug-likeness (QED) is 0.477. The van der Waals surface area contributed by atoms with E-state index in [0.717, 1.165) is 11.5 Å². The standard InChI is InChI=1S/C6H5NO2/c1-2-8-3-6-5(1)7-4-9-6/h1-3H,4H2. The molecule has 0 saturated heterocycles. The maximum absolute atomic E-state index is 5.04. The first-order chi connectivity index (χ1) is 4.47. The van der Waals surface area contributed by atoms with Gasteiger partial charge in [0, 0.05) is 6.08 Å². The third-order valence-electron chi connectivity index (χ3n) is 1.19. The Balaban J connectivity index is 2.37. The lowest BCUT2D eigenvalue weighted by Crippen LogP contribution is -1.98. The third-order valence-corrected chi connectivity index (χ3v) is 1.19. The van der Waals surface area contributed by atoms with E-state index in [0.29, 0.717) is 6.73 Å². The largest absolute Gasteiger partial charge is 0.469 e. The molecule has 0 amide bonds. The van der Waals surface area contributed by atoms with Gasteiger partial charge in [0.1, 0.15) is 12.0 Å². The van der Waals surface area contributed by atoms with Crippen LogP contribution in [-0.4, -0.2) is 12.4 Å². The smallest absolute Gasteiger partial charge is 0.182 e. The molecule has 0 radical (unpaired) electrons. The fraction of sp³-hybridized carbons (Fsp3) is 0.167. The van der Waals surface area contributed by atoms with E-state index in [1.807, 2.05) is 0 Å². The van der Waals surface area contributed by atoms with E-state index < -0.39 is 0 Å². The van der Waals surface area contributed by atoms with Crippen LogP contribution in [-0.2, 0) is 9.47 Å². The zero-order valence-corrected chi connectivity index (χ0v) is 4.70. The van der Waals surface area contributed by atoms with Gasteiger partial charge < -0.3 is 9.47 Å². The molecule has 3 nitrogen and oxygen atoms in total. The summed E-state index contributed by atoms with van der Waals surface area (Å²) in [4.78, 5) is 4.02. The van der Waals surface area contributed by atoms with Crippen LogP contribution in [0, 0.1) is 0 Å². The summed E-state index contributed by atoms with van der Waals surface area (Å²) in [5.74, 6) is 0.734. The highest BCUT2D eigenvalue weighted by atomic mass is 16.5. The molecule has 0 saturated carbocycles. The molecule has 2 aliphatic rings. The fourth-order valence-corrected chi connectivity index (χ4v) is 0.757. The highest BCUT2D eigenvalue weighted by Gasteiger charge is 2.14. The Morgan fingerprint density at radius 1 is 1.56 bits per heavy atom. The summed E-state index contributed by atoms with van der Waals surface area (Å²) >= 11 is 0. The maximum Gasteiger partial charge on any atom is 0.182 e. The fourth-order valence-electron chi connectivity index (χ4n) is 0.757. The van der Waals surface area contributed by atoms with Crippen LogP contribution in [0.15, 0.2) is 29.4 Å². The highest BCUT2D eigenvalue weighted by molar-refractivity contribution is 6.07. The van der Waals surface area contributed by atoms with Crippen LogP contribution in [0.3, 0.4) is 0 Å². The predicted molar refractivity (Wildman–Crippen MR) is 31.7 cm³/mol. The van der Waals surface area contributed by atoms with Crippen molar-refractivity contribution in [3.63, 3.8) is 0 Å². The average molecular weight is 123 g/mol. The zero-order valence-electron chi connectivity index (χ0n) is 4.70. The Labute approximate surface area is 52.3 Å². The number of nitrogens with zero attached hydrogens (tertiary/aromatic N) is 1. The number of fused-ring (bicyclic) bond motifs is 1. The molecule has 0 aromatic carbocycles. The van der Waals surface area contributed by atoms with Crippen molar-refractivity contribution in [2.24, 2.45) is 4.99 Å². The average Bonchev–Trinajstić information content (AvgIpc) is 2.33. The molecule has 2 rings (SSSR count). The second kappa shape index (κ2) is 1.62. The van der Waals surface area contributed by atoms with Gasteiger partial charge in [-0.25, -0.2) is 4.99 Å². The van der Waals surface area contributed by atoms with Crippen LogP contribution < -0.4 is 0 Å². The molecule has 0 fully saturated rings. The number of allylic oxidation sites excluding steroid dienone is 1. The lowest BCUT2D eigenvalue weighted by molar-refractivity contribution is 0.242. The molecule has 2 heterocycles. The van der Waals surface area contributed by atoms with Gasteiger partial charge in [-0.15, -0.1) is 0 Å². The topological polar surface area (TPSA) is 30.8 Å². The molecule has 0 N–H and O–H groups in total. The second-order valence-corrected chi connectivity index (χ2v) is 1.74. The molecule has 3 heteroatoms. The van der Waals surface area contributed by atoms with Gasteiger partial charge in [-0.3, -0.25) is 0 Å². The molecule has 0 aliphatic carbocycles. The minimum atomic E-state index is 0.425. The monoisotopic (exact) mass is 123 g/mol. The molecule has 46 valence electrons. The Morgan fingerprint density at radius 2 is 2.56 bits per heavy atom. The van der Waals surface area contributed by atoms with E-state index in [-0.39, 0.29) is 0 Å². The van der Waals surface area contributed by atoms with Crippen molar-refractivity contribution in [1.82, 2.24) is 0 Å². The van der Waals surface area contributed by atoms with Gasteiger partial charge in [-0.05, 0) is 0 Å². The number of hydrogen-bond donors (Lipinski definition) is 0. The number of aliphatic imine (C=N–C) groups is 1. The van der Waals surface area contributed by atoms with Gasteiger partial charge in [0.05, 0.1) is 6.26 Å². The number of ether oxygens (including phenoxy) is 2. The second-order valence-electron chi connectivity index (χ2n) is 1.74. The van der Waals surface area contributed by atoms with E-state index in [2.05, 4.69) is 4.99 Å². The summed E-state index contributed by atoms with van der Waals surface area (Å²) in [6.45, 7) is 0.425. The van der Waals surface area contributed by atoms with Crippen LogP contribution in [0.2, 0.25) is 0 Å². The van der Waals surface area contributed by atoms with Crippen LogP contribution in [0.1, 0.15) is 0 Å². The SMILES string of the molecule is C1=CC2=NCOC2=CO1. The van der Waals surface area contributed by atoms with Gasteiger partial charge in [-0.2, -0.15) is 0 Å². The van der Waals surface area contributed by atoms with Gasteiger partial charge in [0.25, 0.3) is 0 Å². The molecule has 0 aromatic rings. The number of hydrogen-bond acceptors (Lipinski definition) is 3. The van der Waals surface area contributed by atoms with E-state index in [9.17, 15) is 0 Å². The van der Waals surface area contributed by atoms with Gasteiger partial charge in [0.2, 0.25) is 0 Å². The van der Waals surface area contributed by atoms with Gasteiger partial charge in [-0.1, -0.05) is 0 Å². The molecule has 0 aromatic heterocycles. The minimum Gasteiger partial charge on any atom is -0.469 e. The molecule has 2 aliphatic heterocycles. The van der Waals surface area contributed by atoms with Crippen LogP contribution in [0.25, 0.3) is 0 Å². The van der Waals surface area contributed by atoms with E-state index in [4.69, 9.17) is 9.47 Å². The normalized spacial score (nSPS) is 21.3. The first-order valence-electron chi connectivity index (χ1n) is 2.66. The lowest BCUT2D eigenvalue weighted by Gasteiger charge is -2.01. The highest BCUT2D eigenvalue weighted by Crippen LogP contribution is 2.13. The summed E-state index contributed by atoms with van der Waals surface area (Å²) in [5, 5.41) is 0. The van der Waals surface area contributed by atoms with Crippen molar-refractivity contribution in [2.75, 3.05) is 6.73 Å². The number of rotatable bonds is 0. The minimum absolute atomic E-state index is 0.425. The van der Waals surface area contributed by atoms with Crippen molar-refractivity contribution in [3.8, 4) is 0 Å².